The summed E-state index contributed by atoms with van der Waals surface area (Å²) < 4.78 is 43.3. The number of hydrogen-bond acceptors (Lipinski definition) is 3. The molecule has 4 nitrogen and oxygen atoms in total. The normalized spacial score (nSPS) is 10.9. The molecule has 2 aromatic rings. The molecule has 0 fully saturated rings. The second kappa shape index (κ2) is 6.89. The largest absolute Gasteiger partial charge is 1.00 e. The van der Waals surface area contributed by atoms with Gasteiger partial charge in [0.05, 0.1) is 13.7 Å². The van der Waals surface area contributed by atoms with Crippen LogP contribution in [-0.4, -0.2) is 29.1 Å². The van der Waals surface area contributed by atoms with Crippen LogP contribution in [0.2, 0.25) is 0 Å². The van der Waals surface area contributed by atoms with E-state index in [1.165, 1.54) is 0 Å². The summed E-state index contributed by atoms with van der Waals surface area (Å²) in [6, 6.07) is 7.00. The van der Waals surface area contributed by atoms with E-state index in [9.17, 15) is 12.9 Å². The number of ether oxygens (including phenoxy) is 1. The van der Waals surface area contributed by atoms with Crippen LogP contribution in [0.4, 0.5) is 12.9 Å². The molecule has 0 saturated heterocycles. The monoisotopic (exact) mass is 295 g/mol. The van der Waals surface area contributed by atoms with Gasteiger partial charge in [-0.3, -0.25) is 4.68 Å². The summed E-state index contributed by atoms with van der Waals surface area (Å²) >= 11 is 0. The molecule has 0 N–H and O–H groups in total. The van der Waals surface area contributed by atoms with E-state index in [4.69, 9.17) is 4.74 Å². The first-order valence-electron chi connectivity index (χ1n) is 5.22. The maximum absolute atomic E-state index is 12.4. The molecule has 0 aliphatic heterocycles. The summed E-state index contributed by atoms with van der Waals surface area (Å²) in [5.41, 5.74) is -0.106. The van der Waals surface area contributed by atoms with E-state index in [1.807, 2.05) is 0 Å². The predicted octanol–water partition coefficient (Wildman–Crippen LogP) is -1.61. The van der Waals surface area contributed by atoms with Gasteiger partial charge in [-0.05, 0) is 17.7 Å². The Morgan fingerprint density at radius 3 is 2.32 bits per heavy atom. The fraction of sp³-hybridized carbons (Fsp3) is 0.200. The summed E-state index contributed by atoms with van der Waals surface area (Å²) in [5.74, 6) is 0.691. The fourth-order valence-electron chi connectivity index (χ4n) is 1.46. The standard InChI is InChI=1S/C10H10BF3N3O.K/c1-18-9-4-2-8(3-5-9)6-17-7-10(15-16-17)11(12,13)14;/h2-5,7H,6H2,1H3;/q-1;+1. The van der Waals surface area contributed by atoms with Crippen molar-refractivity contribution >= 4 is 12.6 Å². The van der Waals surface area contributed by atoms with Gasteiger partial charge in [0, 0.05) is 11.8 Å². The molecule has 9 heteroatoms. The SMILES string of the molecule is COc1ccc(Cn2cc([B-](F)(F)F)nn2)cc1.[K+]. The third-order valence-electron chi connectivity index (χ3n) is 2.40. The van der Waals surface area contributed by atoms with Crippen molar-refractivity contribution in [1.82, 2.24) is 15.0 Å². The molecule has 96 valence electrons. The van der Waals surface area contributed by atoms with Crippen LogP contribution >= 0.6 is 0 Å². The van der Waals surface area contributed by atoms with Gasteiger partial charge in [0.15, 0.2) is 0 Å². The minimum Gasteiger partial charge on any atom is -0.497 e. The average Bonchev–Trinajstić information content (AvgIpc) is 2.78. The Morgan fingerprint density at radius 2 is 1.84 bits per heavy atom. The van der Waals surface area contributed by atoms with Gasteiger partial charge < -0.3 is 17.7 Å². The van der Waals surface area contributed by atoms with Crippen molar-refractivity contribution in [3.63, 3.8) is 0 Å². The van der Waals surface area contributed by atoms with Gasteiger partial charge in [-0.15, -0.1) is 0 Å². The van der Waals surface area contributed by atoms with E-state index < -0.39 is 12.6 Å². The summed E-state index contributed by atoms with van der Waals surface area (Å²) in [7, 11) is 1.55. The van der Waals surface area contributed by atoms with Crippen LogP contribution in [0.1, 0.15) is 5.56 Å². The number of hydrogen-bond donors (Lipinski definition) is 0. The number of methoxy groups -OCH3 is 1. The molecule has 0 atom stereocenters. The first-order valence-corrected chi connectivity index (χ1v) is 5.22. The van der Waals surface area contributed by atoms with Gasteiger partial charge in [-0.2, -0.15) is 5.10 Å². The third kappa shape index (κ3) is 4.60. The van der Waals surface area contributed by atoms with Crippen molar-refractivity contribution in [2.24, 2.45) is 0 Å². The molecule has 0 spiro atoms. The Hall–Kier alpha value is -0.349. The molecule has 0 bridgehead atoms. The summed E-state index contributed by atoms with van der Waals surface area (Å²) in [4.78, 5) is 0. The summed E-state index contributed by atoms with van der Waals surface area (Å²) in [6.07, 6.45) is 0.907. The second-order valence-electron chi connectivity index (χ2n) is 3.76. The van der Waals surface area contributed by atoms with Crippen molar-refractivity contribution in [2.45, 2.75) is 6.54 Å². The molecule has 0 saturated carbocycles. The number of aromatic nitrogens is 3. The van der Waals surface area contributed by atoms with Crippen molar-refractivity contribution in [3.05, 3.63) is 36.0 Å². The maximum Gasteiger partial charge on any atom is 1.00 e. The van der Waals surface area contributed by atoms with Crippen LogP contribution in [0, 0.1) is 0 Å². The van der Waals surface area contributed by atoms with Gasteiger partial charge >= 0.3 is 58.4 Å². The van der Waals surface area contributed by atoms with Crippen LogP contribution < -0.4 is 61.7 Å². The van der Waals surface area contributed by atoms with E-state index in [0.717, 1.165) is 16.4 Å². The van der Waals surface area contributed by atoms with Crippen molar-refractivity contribution in [1.29, 1.82) is 0 Å². The quantitative estimate of drug-likeness (QED) is 0.638. The van der Waals surface area contributed by atoms with Crippen molar-refractivity contribution in [3.8, 4) is 5.75 Å². The number of nitrogens with zero attached hydrogens (tertiary/aromatic N) is 3. The van der Waals surface area contributed by atoms with E-state index in [-0.39, 0.29) is 57.9 Å². The number of halogens is 3. The maximum atomic E-state index is 12.4. The summed E-state index contributed by atoms with van der Waals surface area (Å²) in [5, 5.41) is 6.56. The molecule has 0 aliphatic carbocycles. The minimum absolute atomic E-state index is 0. The van der Waals surface area contributed by atoms with Crippen LogP contribution in [0.3, 0.4) is 0 Å². The smallest absolute Gasteiger partial charge is 0.497 e. The topological polar surface area (TPSA) is 39.9 Å². The van der Waals surface area contributed by atoms with Crippen molar-refractivity contribution < 1.29 is 69.1 Å². The molecule has 1 heterocycles. The molecule has 0 radical (unpaired) electrons. The fourth-order valence-corrected chi connectivity index (χ4v) is 1.46. The van der Waals surface area contributed by atoms with E-state index in [0.29, 0.717) is 5.75 Å². The second-order valence-corrected chi connectivity index (χ2v) is 3.76. The Bertz CT molecular complexity index is 530. The Balaban J connectivity index is 0.00000180. The third-order valence-corrected chi connectivity index (χ3v) is 2.40. The minimum atomic E-state index is -5.09. The molecule has 1 aromatic carbocycles. The van der Waals surface area contributed by atoms with Crippen LogP contribution in [0.15, 0.2) is 30.5 Å². The van der Waals surface area contributed by atoms with Crippen LogP contribution in [0.25, 0.3) is 0 Å². The van der Waals surface area contributed by atoms with Gasteiger partial charge in [-0.1, -0.05) is 17.3 Å². The first kappa shape index (κ1) is 16.7. The number of rotatable bonds is 4. The zero-order chi connectivity index (χ0) is 13.2. The first-order chi connectivity index (χ1) is 8.49. The average molecular weight is 295 g/mol. The van der Waals surface area contributed by atoms with Crippen LogP contribution in [-0.2, 0) is 6.54 Å². The molecule has 19 heavy (non-hydrogen) atoms. The Morgan fingerprint density at radius 1 is 1.21 bits per heavy atom. The predicted molar refractivity (Wildman–Crippen MR) is 60.8 cm³/mol. The number of benzene rings is 1. The summed E-state index contributed by atoms with van der Waals surface area (Å²) in [6.45, 7) is -4.85. The molecule has 2 rings (SSSR count). The van der Waals surface area contributed by atoms with E-state index in [2.05, 4.69) is 10.3 Å². The molecular weight excluding hydrogens is 285 g/mol. The Labute approximate surface area is 150 Å². The molecule has 1 aromatic heterocycles. The molecule has 0 unspecified atom stereocenters. The van der Waals surface area contributed by atoms with Gasteiger partial charge in [0.1, 0.15) is 5.75 Å². The molecule has 0 amide bonds. The zero-order valence-corrected chi connectivity index (χ0v) is 13.7. The van der Waals surface area contributed by atoms with Crippen molar-refractivity contribution in [2.75, 3.05) is 7.11 Å². The van der Waals surface area contributed by atoms with E-state index >= 15 is 0 Å². The van der Waals surface area contributed by atoms with Gasteiger partial charge in [-0.25, -0.2) is 0 Å². The van der Waals surface area contributed by atoms with Crippen LogP contribution in [0.5, 0.6) is 5.75 Å². The van der Waals surface area contributed by atoms with E-state index in [1.54, 1.807) is 31.4 Å². The zero-order valence-electron chi connectivity index (χ0n) is 10.6. The van der Waals surface area contributed by atoms with Gasteiger partial charge in [0.25, 0.3) is 0 Å². The molecular formula is C10H10BF3KN3O. The Kier molecular flexibility index (Phi) is 6.06. The molecule has 0 aliphatic rings. The van der Waals surface area contributed by atoms with Gasteiger partial charge in [0.2, 0.25) is 0 Å².